The molecule has 2 aliphatic rings. The maximum absolute atomic E-state index is 13.8. The van der Waals surface area contributed by atoms with E-state index in [0.717, 1.165) is 16.8 Å². The van der Waals surface area contributed by atoms with Gasteiger partial charge < -0.3 is 14.4 Å². The van der Waals surface area contributed by atoms with Crippen LogP contribution in [0.15, 0.2) is 60.7 Å². The highest BCUT2D eigenvalue weighted by Gasteiger charge is 2.52. The predicted molar refractivity (Wildman–Crippen MR) is 133 cm³/mol. The molecule has 0 bridgehead atoms. The number of aryl methyl sites for hydroxylation is 2. The highest BCUT2D eigenvalue weighted by Crippen LogP contribution is 2.44. The maximum atomic E-state index is 13.8. The number of hydrogen-bond donors (Lipinski definition) is 0. The van der Waals surface area contributed by atoms with Gasteiger partial charge in [0.1, 0.15) is 23.3 Å². The number of Topliss-reactive ketones (excluding diaryl/α,β-unsaturated/α-hetero) is 2. The lowest BCUT2D eigenvalue weighted by Gasteiger charge is -2.34. The molecule has 3 aromatic rings. The summed E-state index contributed by atoms with van der Waals surface area (Å²) >= 11 is 0. The predicted octanol–water partition coefficient (Wildman–Crippen LogP) is 4.29. The van der Waals surface area contributed by atoms with Gasteiger partial charge in [-0.1, -0.05) is 35.4 Å². The van der Waals surface area contributed by atoms with Gasteiger partial charge in [0.15, 0.2) is 11.6 Å². The molecule has 7 heteroatoms. The first-order valence-corrected chi connectivity index (χ1v) is 11.7. The summed E-state index contributed by atoms with van der Waals surface area (Å²) in [6.07, 6.45) is 0. The van der Waals surface area contributed by atoms with Crippen molar-refractivity contribution in [3.63, 3.8) is 0 Å². The van der Waals surface area contributed by atoms with E-state index in [1.807, 2.05) is 45.0 Å². The van der Waals surface area contributed by atoms with Crippen LogP contribution in [-0.2, 0) is 9.59 Å². The Morgan fingerprint density at radius 3 is 1.53 bits per heavy atom. The second-order valence-corrected chi connectivity index (χ2v) is 9.54. The van der Waals surface area contributed by atoms with Gasteiger partial charge in [-0.15, -0.1) is 0 Å². The van der Waals surface area contributed by atoms with Gasteiger partial charge in [0, 0.05) is 25.7 Å². The fourth-order valence-electron chi connectivity index (χ4n) is 4.94. The van der Waals surface area contributed by atoms with Crippen molar-refractivity contribution in [3.8, 4) is 11.5 Å². The van der Waals surface area contributed by atoms with Gasteiger partial charge in [-0.3, -0.25) is 19.2 Å². The van der Waals surface area contributed by atoms with Gasteiger partial charge >= 0.3 is 11.9 Å². The highest BCUT2D eigenvalue weighted by molar-refractivity contribution is 6.18. The third-order valence-electron chi connectivity index (χ3n) is 6.81. The molecule has 0 N–H and O–H groups in total. The van der Waals surface area contributed by atoms with Crippen LogP contribution in [0.2, 0.25) is 0 Å². The fraction of sp³-hybridized carbons (Fsp3) is 0.241. The number of carbonyl (C=O) groups is 4. The van der Waals surface area contributed by atoms with Gasteiger partial charge in [0.2, 0.25) is 0 Å². The van der Waals surface area contributed by atoms with Crippen molar-refractivity contribution in [3.05, 3.63) is 88.5 Å². The molecule has 5 rings (SSSR count). The highest BCUT2D eigenvalue weighted by atomic mass is 16.5. The zero-order valence-corrected chi connectivity index (χ0v) is 20.4. The molecular formula is C29H25NO6. The smallest absolute Gasteiger partial charge is 0.322 e. The number of hydrogen-bond acceptors (Lipinski definition) is 7. The van der Waals surface area contributed by atoms with Crippen LogP contribution in [0.3, 0.4) is 0 Å². The Hall–Kier alpha value is -4.26. The van der Waals surface area contributed by atoms with Gasteiger partial charge in [0.05, 0.1) is 11.1 Å². The maximum Gasteiger partial charge on any atom is 0.322 e. The van der Waals surface area contributed by atoms with Crippen LogP contribution in [-0.4, -0.2) is 37.6 Å². The third-order valence-corrected chi connectivity index (χ3v) is 6.81. The molecule has 0 aliphatic carbocycles. The fourth-order valence-corrected chi connectivity index (χ4v) is 4.94. The van der Waals surface area contributed by atoms with E-state index in [9.17, 15) is 19.2 Å². The van der Waals surface area contributed by atoms with Crippen molar-refractivity contribution in [1.29, 1.82) is 0 Å². The summed E-state index contributed by atoms with van der Waals surface area (Å²) < 4.78 is 11.1. The number of esters is 2. The van der Waals surface area contributed by atoms with Crippen molar-refractivity contribution in [2.45, 2.75) is 19.8 Å². The van der Waals surface area contributed by atoms with Crippen molar-refractivity contribution in [2.24, 2.45) is 11.8 Å². The van der Waals surface area contributed by atoms with Crippen LogP contribution >= 0.6 is 0 Å². The lowest BCUT2D eigenvalue weighted by Crippen LogP contribution is -2.46. The zero-order valence-electron chi connectivity index (χ0n) is 20.4. The second-order valence-electron chi connectivity index (χ2n) is 9.54. The molecule has 0 saturated heterocycles. The van der Waals surface area contributed by atoms with Gasteiger partial charge in [-0.2, -0.15) is 0 Å². The van der Waals surface area contributed by atoms with Crippen LogP contribution in [0.5, 0.6) is 11.5 Å². The summed E-state index contributed by atoms with van der Waals surface area (Å²) in [6, 6.07) is 17.1. The van der Waals surface area contributed by atoms with E-state index < -0.39 is 41.3 Å². The van der Waals surface area contributed by atoms with E-state index in [2.05, 4.69) is 0 Å². The van der Waals surface area contributed by atoms with E-state index in [0.29, 0.717) is 5.56 Å². The minimum atomic E-state index is -1.39. The molecule has 2 heterocycles. The van der Waals surface area contributed by atoms with Crippen LogP contribution in [0.25, 0.3) is 0 Å². The number of nitrogens with zero attached hydrogens (tertiary/aromatic N) is 1. The summed E-state index contributed by atoms with van der Waals surface area (Å²) in [4.78, 5) is 56.0. The normalized spacial score (nSPS) is 19.7. The van der Waals surface area contributed by atoms with Gasteiger partial charge in [-0.25, -0.2) is 0 Å². The SMILES string of the molecule is Cc1ccc2c(c1)C(=O)C(C(c1ccc(N(C)C)cc1)C1C(=O)Oc3ccc(C)cc3C1=O)C(=O)O2. The summed E-state index contributed by atoms with van der Waals surface area (Å²) in [5.74, 6) is -6.11. The van der Waals surface area contributed by atoms with Gasteiger partial charge in [-0.05, 0) is 55.8 Å². The molecule has 3 aromatic carbocycles. The summed E-state index contributed by atoms with van der Waals surface area (Å²) in [5.41, 5.74) is 3.53. The van der Waals surface area contributed by atoms with Crippen molar-refractivity contribution < 1.29 is 28.7 Å². The number of carbonyl (C=O) groups excluding carboxylic acids is 4. The number of ketones is 2. The number of rotatable bonds is 4. The zero-order chi connectivity index (χ0) is 25.7. The Morgan fingerprint density at radius 1 is 0.667 bits per heavy atom. The molecule has 7 nitrogen and oxygen atoms in total. The Labute approximate surface area is 208 Å². The molecular weight excluding hydrogens is 458 g/mol. The number of fused-ring (bicyclic) bond motifs is 2. The van der Waals surface area contributed by atoms with Crippen molar-refractivity contribution in [1.82, 2.24) is 0 Å². The summed E-state index contributed by atoms with van der Waals surface area (Å²) in [6.45, 7) is 3.66. The summed E-state index contributed by atoms with van der Waals surface area (Å²) in [5, 5.41) is 0. The summed E-state index contributed by atoms with van der Waals surface area (Å²) in [7, 11) is 3.77. The quantitative estimate of drug-likeness (QED) is 0.311. The first-order valence-electron chi connectivity index (χ1n) is 11.7. The van der Waals surface area contributed by atoms with E-state index in [4.69, 9.17) is 9.47 Å². The Balaban J connectivity index is 1.67. The number of benzene rings is 3. The van der Waals surface area contributed by atoms with Crippen molar-refractivity contribution >= 4 is 29.2 Å². The molecule has 2 atom stereocenters. The van der Waals surface area contributed by atoms with E-state index in [1.165, 1.54) is 0 Å². The average Bonchev–Trinajstić information content (AvgIpc) is 2.84. The number of ether oxygens (including phenoxy) is 2. The minimum absolute atomic E-state index is 0.173. The Kier molecular flexibility index (Phi) is 5.71. The molecule has 0 fully saturated rings. The average molecular weight is 484 g/mol. The lowest BCUT2D eigenvalue weighted by atomic mass is 9.70. The standard InChI is InChI=1S/C29H25NO6/c1-15-5-11-21-19(13-15)26(31)24(28(33)35-21)23(17-7-9-18(10-8-17)30(3)4)25-27(32)20-14-16(2)6-12-22(20)36-29(25)34/h5-14,23-25H,1-4H3. The second kappa shape index (κ2) is 8.75. The van der Waals surface area contributed by atoms with Crippen LogP contribution in [0.1, 0.15) is 43.3 Å². The van der Waals surface area contributed by atoms with Gasteiger partial charge in [0.25, 0.3) is 0 Å². The van der Waals surface area contributed by atoms with Crippen LogP contribution in [0.4, 0.5) is 5.69 Å². The molecule has 0 aromatic heterocycles. The lowest BCUT2D eigenvalue weighted by molar-refractivity contribution is -0.142. The van der Waals surface area contributed by atoms with E-state index in [-0.39, 0.29) is 22.6 Å². The first-order chi connectivity index (χ1) is 17.2. The molecule has 0 spiro atoms. The third kappa shape index (κ3) is 3.86. The van der Waals surface area contributed by atoms with Crippen LogP contribution in [0, 0.1) is 25.7 Å². The monoisotopic (exact) mass is 483 g/mol. The number of anilines is 1. The molecule has 182 valence electrons. The minimum Gasteiger partial charge on any atom is -0.425 e. The Bertz CT molecular complexity index is 1340. The molecule has 0 saturated carbocycles. The molecule has 36 heavy (non-hydrogen) atoms. The van der Waals surface area contributed by atoms with Crippen LogP contribution < -0.4 is 14.4 Å². The Morgan fingerprint density at radius 2 is 1.11 bits per heavy atom. The van der Waals surface area contributed by atoms with E-state index in [1.54, 1.807) is 48.5 Å². The molecule has 0 amide bonds. The first kappa shape index (κ1) is 23.5. The van der Waals surface area contributed by atoms with Crippen molar-refractivity contribution in [2.75, 3.05) is 19.0 Å². The largest absolute Gasteiger partial charge is 0.425 e. The molecule has 2 unspecified atom stereocenters. The molecule has 2 aliphatic heterocycles. The topological polar surface area (TPSA) is 90.0 Å². The molecule has 0 radical (unpaired) electrons. The van der Waals surface area contributed by atoms with E-state index >= 15 is 0 Å².